The molecule has 2 aromatic carbocycles. The summed E-state index contributed by atoms with van der Waals surface area (Å²) in [6.45, 7) is 6.38. The molecule has 6 heteroatoms. The summed E-state index contributed by atoms with van der Waals surface area (Å²) in [5.74, 6) is -0.674. The smallest absolute Gasteiger partial charge is 0.255 e. The van der Waals surface area contributed by atoms with Crippen molar-refractivity contribution >= 4 is 23.4 Å². The molecule has 0 saturated carbocycles. The maximum Gasteiger partial charge on any atom is 0.255 e. The zero-order chi connectivity index (χ0) is 20.5. The summed E-state index contributed by atoms with van der Waals surface area (Å²) < 4.78 is 0. The molecule has 2 aromatic rings. The molecule has 2 N–H and O–H groups in total. The minimum Gasteiger partial charge on any atom is -0.506 e. The van der Waals surface area contributed by atoms with E-state index in [1.165, 1.54) is 4.90 Å². The maximum atomic E-state index is 12.5. The number of carbonyl (C=O) groups excluding carboxylic acids is 3. The SMILES string of the molecule is CC(C)(C)c1ccc(O)c(NC(=O)c2ccc(CN3C(=O)CCC3=O)cc2)c1. The van der Waals surface area contributed by atoms with Crippen LogP contribution in [0.5, 0.6) is 5.75 Å². The van der Waals surface area contributed by atoms with Gasteiger partial charge in [-0.05, 0) is 40.8 Å². The summed E-state index contributed by atoms with van der Waals surface area (Å²) in [4.78, 5) is 37.2. The van der Waals surface area contributed by atoms with Gasteiger partial charge in [-0.25, -0.2) is 0 Å². The van der Waals surface area contributed by atoms with Crippen molar-refractivity contribution in [3.63, 3.8) is 0 Å². The zero-order valence-corrected chi connectivity index (χ0v) is 16.3. The lowest BCUT2D eigenvalue weighted by molar-refractivity contribution is -0.139. The molecule has 1 saturated heterocycles. The van der Waals surface area contributed by atoms with Crippen LogP contribution in [0.15, 0.2) is 42.5 Å². The first-order valence-corrected chi connectivity index (χ1v) is 9.22. The van der Waals surface area contributed by atoms with Crippen molar-refractivity contribution in [3.8, 4) is 5.75 Å². The minimum atomic E-state index is -0.346. The van der Waals surface area contributed by atoms with Crippen LogP contribution < -0.4 is 5.32 Å². The Morgan fingerprint density at radius 2 is 1.64 bits per heavy atom. The molecule has 0 unspecified atom stereocenters. The number of carbonyl (C=O) groups is 3. The van der Waals surface area contributed by atoms with Crippen molar-refractivity contribution in [3.05, 3.63) is 59.2 Å². The number of amides is 3. The van der Waals surface area contributed by atoms with Gasteiger partial charge in [0.25, 0.3) is 5.91 Å². The number of hydrogen-bond acceptors (Lipinski definition) is 4. The average molecular weight is 380 g/mol. The number of benzene rings is 2. The van der Waals surface area contributed by atoms with Crippen LogP contribution in [-0.4, -0.2) is 27.7 Å². The summed E-state index contributed by atoms with van der Waals surface area (Å²) in [5, 5.41) is 12.8. The van der Waals surface area contributed by atoms with Gasteiger partial charge in [0, 0.05) is 18.4 Å². The van der Waals surface area contributed by atoms with E-state index >= 15 is 0 Å². The van der Waals surface area contributed by atoms with Gasteiger partial charge in [-0.2, -0.15) is 0 Å². The van der Waals surface area contributed by atoms with Crippen molar-refractivity contribution in [1.82, 2.24) is 4.90 Å². The third-order valence-corrected chi connectivity index (χ3v) is 4.82. The van der Waals surface area contributed by atoms with E-state index in [0.29, 0.717) is 11.3 Å². The predicted octanol–water partition coefficient (Wildman–Crippen LogP) is 3.59. The van der Waals surface area contributed by atoms with E-state index in [1.807, 2.05) is 6.07 Å². The molecule has 1 aliphatic rings. The molecule has 0 atom stereocenters. The Labute approximate surface area is 164 Å². The first-order chi connectivity index (χ1) is 13.1. The molecular formula is C22H24N2O4. The summed E-state index contributed by atoms with van der Waals surface area (Å²) in [6.07, 6.45) is 0.521. The average Bonchev–Trinajstić information content (AvgIpc) is 2.95. The van der Waals surface area contributed by atoms with Crippen molar-refractivity contribution < 1.29 is 19.5 Å². The van der Waals surface area contributed by atoms with Gasteiger partial charge in [0.05, 0.1) is 12.2 Å². The quantitative estimate of drug-likeness (QED) is 0.627. The zero-order valence-electron chi connectivity index (χ0n) is 16.3. The van der Waals surface area contributed by atoms with Crippen LogP contribution >= 0.6 is 0 Å². The van der Waals surface area contributed by atoms with E-state index < -0.39 is 0 Å². The topological polar surface area (TPSA) is 86.7 Å². The third kappa shape index (κ3) is 4.22. The van der Waals surface area contributed by atoms with Gasteiger partial charge in [-0.15, -0.1) is 0 Å². The lowest BCUT2D eigenvalue weighted by Gasteiger charge is -2.20. The molecule has 1 heterocycles. The highest BCUT2D eigenvalue weighted by Gasteiger charge is 2.28. The normalized spacial score (nSPS) is 14.5. The lowest BCUT2D eigenvalue weighted by atomic mass is 9.87. The van der Waals surface area contributed by atoms with Crippen LogP contribution in [0, 0.1) is 0 Å². The van der Waals surface area contributed by atoms with Crippen molar-refractivity contribution in [2.24, 2.45) is 0 Å². The Hall–Kier alpha value is -3.15. The number of rotatable bonds is 4. The molecule has 1 fully saturated rings. The van der Waals surface area contributed by atoms with E-state index in [4.69, 9.17) is 0 Å². The van der Waals surface area contributed by atoms with Gasteiger partial charge in [-0.3, -0.25) is 19.3 Å². The predicted molar refractivity (Wildman–Crippen MR) is 106 cm³/mol. The Morgan fingerprint density at radius 1 is 1.04 bits per heavy atom. The van der Waals surface area contributed by atoms with Gasteiger partial charge in [0.2, 0.25) is 11.8 Å². The van der Waals surface area contributed by atoms with E-state index in [2.05, 4.69) is 26.1 Å². The van der Waals surface area contributed by atoms with E-state index in [1.54, 1.807) is 36.4 Å². The number of likely N-dealkylation sites (tertiary alicyclic amines) is 1. The fourth-order valence-electron chi connectivity index (χ4n) is 3.04. The molecule has 146 valence electrons. The molecule has 0 bridgehead atoms. The second kappa shape index (κ2) is 7.46. The Morgan fingerprint density at radius 3 is 2.21 bits per heavy atom. The van der Waals surface area contributed by atoms with Gasteiger partial charge < -0.3 is 10.4 Å². The van der Waals surface area contributed by atoms with Crippen LogP contribution in [0.3, 0.4) is 0 Å². The lowest BCUT2D eigenvalue weighted by Crippen LogP contribution is -2.28. The highest BCUT2D eigenvalue weighted by molar-refractivity contribution is 6.05. The monoisotopic (exact) mass is 380 g/mol. The molecular weight excluding hydrogens is 356 g/mol. The summed E-state index contributed by atoms with van der Waals surface area (Å²) >= 11 is 0. The maximum absolute atomic E-state index is 12.5. The second-order valence-corrected chi connectivity index (χ2v) is 8.01. The van der Waals surface area contributed by atoms with Crippen LogP contribution in [0.4, 0.5) is 5.69 Å². The Balaban J connectivity index is 1.72. The number of phenolic OH excluding ortho intramolecular Hbond substituents is 1. The standard InChI is InChI=1S/C22H24N2O4/c1-22(2,3)16-8-9-18(25)17(12-16)23-21(28)15-6-4-14(5-7-15)13-24-19(26)10-11-20(24)27/h4-9,12,25H,10-11,13H2,1-3H3,(H,23,28). The van der Waals surface area contributed by atoms with E-state index in [-0.39, 0.29) is 48.3 Å². The number of nitrogens with zero attached hydrogens (tertiary/aromatic N) is 1. The molecule has 6 nitrogen and oxygen atoms in total. The number of nitrogens with one attached hydrogen (secondary N) is 1. The second-order valence-electron chi connectivity index (χ2n) is 8.01. The van der Waals surface area contributed by atoms with Gasteiger partial charge in [0.15, 0.2) is 0 Å². The third-order valence-electron chi connectivity index (χ3n) is 4.82. The van der Waals surface area contributed by atoms with E-state index in [9.17, 15) is 19.5 Å². The molecule has 1 aliphatic heterocycles. The Bertz CT molecular complexity index is 911. The van der Waals surface area contributed by atoms with Crippen molar-refractivity contribution in [1.29, 1.82) is 0 Å². The molecule has 0 aliphatic carbocycles. The Kier molecular flexibility index (Phi) is 5.23. The molecule has 0 spiro atoms. The fourth-order valence-corrected chi connectivity index (χ4v) is 3.04. The van der Waals surface area contributed by atoms with Crippen LogP contribution in [0.25, 0.3) is 0 Å². The highest BCUT2D eigenvalue weighted by atomic mass is 16.3. The van der Waals surface area contributed by atoms with E-state index in [0.717, 1.165) is 11.1 Å². The number of anilines is 1. The van der Waals surface area contributed by atoms with Crippen LogP contribution in [0.1, 0.15) is 55.1 Å². The molecule has 0 aromatic heterocycles. The fraction of sp³-hybridized carbons (Fsp3) is 0.318. The summed E-state index contributed by atoms with van der Waals surface area (Å²) in [6, 6.07) is 11.9. The summed E-state index contributed by atoms with van der Waals surface area (Å²) in [5.41, 5.74) is 2.44. The van der Waals surface area contributed by atoms with Crippen molar-refractivity contribution in [2.75, 3.05) is 5.32 Å². The minimum absolute atomic E-state index is 0.00373. The molecule has 3 rings (SSSR count). The van der Waals surface area contributed by atoms with Gasteiger partial charge >= 0.3 is 0 Å². The largest absolute Gasteiger partial charge is 0.506 e. The highest BCUT2D eigenvalue weighted by Crippen LogP contribution is 2.31. The van der Waals surface area contributed by atoms with Gasteiger partial charge in [-0.1, -0.05) is 39.0 Å². The first kappa shape index (κ1) is 19.6. The summed E-state index contributed by atoms with van der Waals surface area (Å²) in [7, 11) is 0. The molecule has 0 radical (unpaired) electrons. The van der Waals surface area contributed by atoms with Crippen LogP contribution in [-0.2, 0) is 21.5 Å². The molecule has 28 heavy (non-hydrogen) atoms. The first-order valence-electron chi connectivity index (χ1n) is 9.22. The molecule has 3 amide bonds. The number of imide groups is 1. The number of hydrogen-bond donors (Lipinski definition) is 2. The van der Waals surface area contributed by atoms with Gasteiger partial charge in [0.1, 0.15) is 5.75 Å². The van der Waals surface area contributed by atoms with Crippen LogP contribution in [0.2, 0.25) is 0 Å². The number of aromatic hydroxyl groups is 1. The van der Waals surface area contributed by atoms with Crippen molar-refractivity contribution in [2.45, 2.75) is 45.6 Å². The number of phenols is 1.